The van der Waals surface area contributed by atoms with Gasteiger partial charge in [0, 0.05) is 35.7 Å². The number of fused-ring (bicyclic) bond motifs is 1. The number of nitrogens with one attached hydrogen (secondary N) is 1. The number of pyridine rings is 1. The van der Waals surface area contributed by atoms with Crippen LogP contribution in [-0.2, 0) is 17.6 Å². The van der Waals surface area contributed by atoms with Crippen molar-refractivity contribution < 1.29 is 9.90 Å². The number of carbonyl (C=O) groups excluding carboxylic acids is 1. The fourth-order valence-corrected chi connectivity index (χ4v) is 4.62. The molecule has 1 aliphatic carbocycles. The summed E-state index contributed by atoms with van der Waals surface area (Å²) >= 11 is 1.56. The molecule has 1 aliphatic rings. The number of thiophene rings is 1. The van der Waals surface area contributed by atoms with Gasteiger partial charge in [0.05, 0.1) is 5.56 Å². The minimum atomic E-state index is -0.0491. The molecule has 2 aromatic rings. The fourth-order valence-electron chi connectivity index (χ4n) is 3.28. The summed E-state index contributed by atoms with van der Waals surface area (Å²) in [6.45, 7) is 2.20. The second-order valence-corrected chi connectivity index (χ2v) is 7.66. The second-order valence-electron chi connectivity index (χ2n) is 6.55. The predicted molar refractivity (Wildman–Crippen MR) is 101 cm³/mol. The molecule has 2 atom stereocenters. The van der Waals surface area contributed by atoms with Crippen LogP contribution in [0, 0.1) is 18.3 Å². The van der Waals surface area contributed by atoms with Crippen LogP contribution >= 0.6 is 11.3 Å². The molecule has 0 spiro atoms. The van der Waals surface area contributed by atoms with Crippen LogP contribution in [0.1, 0.15) is 47.4 Å². The number of terminal acetylenes is 1. The lowest BCUT2D eigenvalue weighted by molar-refractivity contribution is -0.116. The number of hydrogen-bond donors (Lipinski definition) is 2. The van der Waals surface area contributed by atoms with Crippen molar-refractivity contribution in [1.82, 2.24) is 4.98 Å². The minimum Gasteiger partial charge on any atom is -0.396 e. The van der Waals surface area contributed by atoms with Crippen LogP contribution in [0.5, 0.6) is 0 Å². The smallest absolute Gasteiger partial charge is 0.225 e. The van der Waals surface area contributed by atoms with E-state index in [0.29, 0.717) is 12.3 Å². The van der Waals surface area contributed by atoms with E-state index in [0.717, 1.165) is 35.5 Å². The third-order valence-electron chi connectivity index (χ3n) is 4.71. The molecule has 2 N–H and O–H groups in total. The summed E-state index contributed by atoms with van der Waals surface area (Å²) in [7, 11) is 0. The van der Waals surface area contributed by atoms with Crippen LogP contribution in [0.2, 0.25) is 0 Å². The standard InChI is InChI=1S/C20H22N2O2S/c1-3-15-16-8-7-14(12-23)11-18(16)25-20(15)22-19(24)10-13(2)17-6-4-5-9-21-17/h1,4-6,9,13-14,23H,7-8,10-12H2,2H3,(H,22,24). The van der Waals surface area contributed by atoms with Crippen molar-refractivity contribution in [3.8, 4) is 12.3 Å². The topological polar surface area (TPSA) is 62.2 Å². The number of aliphatic hydroxyl groups excluding tert-OH is 1. The van der Waals surface area contributed by atoms with Crippen LogP contribution in [0.4, 0.5) is 5.00 Å². The molecule has 0 aliphatic heterocycles. The number of anilines is 1. The molecule has 25 heavy (non-hydrogen) atoms. The number of aliphatic hydroxyl groups is 1. The van der Waals surface area contributed by atoms with Gasteiger partial charge in [0.1, 0.15) is 5.00 Å². The van der Waals surface area contributed by atoms with E-state index >= 15 is 0 Å². The van der Waals surface area contributed by atoms with Crippen LogP contribution < -0.4 is 5.32 Å². The molecular formula is C20H22N2O2S. The maximum Gasteiger partial charge on any atom is 0.225 e. The zero-order valence-electron chi connectivity index (χ0n) is 14.3. The summed E-state index contributed by atoms with van der Waals surface area (Å²) in [6, 6.07) is 5.73. The highest BCUT2D eigenvalue weighted by Gasteiger charge is 2.25. The van der Waals surface area contributed by atoms with Gasteiger partial charge in [-0.25, -0.2) is 0 Å². The number of carbonyl (C=O) groups is 1. The Morgan fingerprint density at radius 1 is 1.56 bits per heavy atom. The Balaban J connectivity index is 1.71. The highest BCUT2D eigenvalue weighted by Crippen LogP contribution is 2.39. The van der Waals surface area contributed by atoms with Crippen LogP contribution in [0.3, 0.4) is 0 Å². The van der Waals surface area contributed by atoms with Crippen molar-refractivity contribution in [1.29, 1.82) is 0 Å². The molecule has 0 aromatic carbocycles. The van der Waals surface area contributed by atoms with E-state index < -0.39 is 0 Å². The number of rotatable bonds is 5. The molecule has 1 amide bonds. The van der Waals surface area contributed by atoms with Crippen LogP contribution in [0.15, 0.2) is 24.4 Å². The van der Waals surface area contributed by atoms with Gasteiger partial charge in [-0.3, -0.25) is 9.78 Å². The van der Waals surface area contributed by atoms with E-state index in [1.807, 2.05) is 25.1 Å². The SMILES string of the molecule is C#Cc1c(NC(=O)CC(C)c2ccccn2)sc2c1CCC(CO)C2. The molecular weight excluding hydrogens is 332 g/mol. The Kier molecular flexibility index (Phi) is 5.52. The third kappa shape index (κ3) is 3.92. The largest absolute Gasteiger partial charge is 0.396 e. The van der Waals surface area contributed by atoms with Crippen molar-refractivity contribution in [2.75, 3.05) is 11.9 Å². The number of aromatic nitrogens is 1. The molecule has 0 saturated carbocycles. The average Bonchev–Trinajstić information content (AvgIpc) is 2.97. The molecule has 3 rings (SSSR count). The first-order chi connectivity index (χ1) is 12.1. The van der Waals surface area contributed by atoms with Crippen molar-refractivity contribution in [3.63, 3.8) is 0 Å². The molecule has 0 radical (unpaired) electrons. The maximum absolute atomic E-state index is 12.5. The van der Waals surface area contributed by atoms with Crippen molar-refractivity contribution in [2.45, 2.75) is 38.5 Å². The summed E-state index contributed by atoms with van der Waals surface area (Å²) in [5.41, 5.74) is 2.89. The summed E-state index contributed by atoms with van der Waals surface area (Å²) in [6.07, 6.45) is 10.5. The average molecular weight is 354 g/mol. The summed E-state index contributed by atoms with van der Waals surface area (Å²) in [5.74, 6) is 3.04. The summed E-state index contributed by atoms with van der Waals surface area (Å²) < 4.78 is 0. The van der Waals surface area contributed by atoms with Gasteiger partial charge >= 0.3 is 0 Å². The molecule has 0 saturated heterocycles. The number of hydrogen-bond acceptors (Lipinski definition) is 4. The Labute approximate surface area is 152 Å². The molecule has 0 bridgehead atoms. The number of nitrogens with zero attached hydrogens (tertiary/aromatic N) is 1. The first-order valence-corrected chi connectivity index (χ1v) is 9.36. The molecule has 2 unspecified atom stereocenters. The second kappa shape index (κ2) is 7.81. The Bertz CT molecular complexity index is 792. The van der Waals surface area contributed by atoms with Gasteiger partial charge in [0.2, 0.25) is 5.91 Å². The van der Waals surface area contributed by atoms with E-state index in [4.69, 9.17) is 6.42 Å². The van der Waals surface area contributed by atoms with E-state index in [1.165, 1.54) is 10.4 Å². The van der Waals surface area contributed by atoms with Gasteiger partial charge in [-0.05, 0) is 42.9 Å². The van der Waals surface area contributed by atoms with E-state index in [2.05, 4.69) is 16.2 Å². The van der Waals surface area contributed by atoms with Crippen LogP contribution in [-0.4, -0.2) is 22.6 Å². The Hall–Kier alpha value is -2.16. The third-order valence-corrected chi connectivity index (χ3v) is 5.88. The molecule has 130 valence electrons. The summed E-state index contributed by atoms with van der Waals surface area (Å²) in [4.78, 5) is 18.0. The van der Waals surface area contributed by atoms with Gasteiger partial charge < -0.3 is 10.4 Å². The lowest BCUT2D eigenvalue weighted by Gasteiger charge is -2.19. The van der Waals surface area contributed by atoms with E-state index in [9.17, 15) is 9.90 Å². The zero-order valence-corrected chi connectivity index (χ0v) is 15.1. The van der Waals surface area contributed by atoms with Gasteiger partial charge in [-0.2, -0.15) is 0 Å². The van der Waals surface area contributed by atoms with E-state index in [-0.39, 0.29) is 18.4 Å². The highest BCUT2D eigenvalue weighted by atomic mass is 32.1. The minimum absolute atomic E-state index is 0.0452. The van der Waals surface area contributed by atoms with Crippen molar-refractivity contribution in [2.24, 2.45) is 5.92 Å². The lowest BCUT2D eigenvalue weighted by atomic mass is 9.88. The summed E-state index contributed by atoms with van der Waals surface area (Å²) in [5, 5.41) is 13.2. The zero-order chi connectivity index (χ0) is 17.8. The Morgan fingerprint density at radius 3 is 3.08 bits per heavy atom. The first-order valence-electron chi connectivity index (χ1n) is 8.55. The van der Waals surface area contributed by atoms with Gasteiger partial charge in [0.15, 0.2) is 0 Å². The molecule has 2 aromatic heterocycles. The van der Waals surface area contributed by atoms with Gasteiger partial charge in [0.25, 0.3) is 0 Å². The van der Waals surface area contributed by atoms with Crippen molar-refractivity contribution in [3.05, 3.63) is 46.1 Å². The highest BCUT2D eigenvalue weighted by molar-refractivity contribution is 7.16. The van der Waals surface area contributed by atoms with E-state index in [1.54, 1.807) is 17.5 Å². The predicted octanol–water partition coefficient (Wildman–Crippen LogP) is 3.35. The molecule has 4 nitrogen and oxygen atoms in total. The normalized spacial score (nSPS) is 17.4. The lowest BCUT2D eigenvalue weighted by Crippen LogP contribution is -2.16. The Morgan fingerprint density at radius 2 is 2.40 bits per heavy atom. The molecule has 0 fully saturated rings. The first kappa shape index (κ1) is 17.7. The fraction of sp³-hybridized carbons (Fsp3) is 0.400. The number of amides is 1. The van der Waals surface area contributed by atoms with Gasteiger partial charge in [-0.15, -0.1) is 17.8 Å². The monoisotopic (exact) mass is 354 g/mol. The van der Waals surface area contributed by atoms with Gasteiger partial charge in [-0.1, -0.05) is 18.9 Å². The van der Waals surface area contributed by atoms with Crippen LogP contribution in [0.25, 0.3) is 0 Å². The maximum atomic E-state index is 12.5. The molecule has 2 heterocycles. The molecule has 5 heteroatoms. The van der Waals surface area contributed by atoms with Crippen molar-refractivity contribution >= 4 is 22.2 Å². The quantitative estimate of drug-likeness (QED) is 0.810.